The third-order valence-corrected chi connectivity index (χ3v) is 18.0. The Bertz CT molecular complexity index is 2660. The summed E-state index contributed by atoms with van der Waals surface area (Å²) in [5, 5.41) is 8.58. The topological polar surface area (TPSA) is 35.5 Å². The normalized spacial score (nSPS) is 11.5. The van der Waals surface area contributed by atoms with Gasteiger partial charge in [0.25, 0.3) is 0 Å². The fourth-order valence-corrected chi connectivity index (χ4v) is 15.2. The Balaban J connectivity index is 0.972. The molecule has 0 saturated heterocycles. The molecular formula is C55H42O3P2. The number of hydrogen-bond acceptors (Lipinski definition) is 3. The molecule has 0 unspecified atom stereocenters. The summed E-state index contributed by atoms with van der Waals surface area (Å²) in [7, 11) is -3.69. The SMILES string of the molecule is O=C(c1ccc(Oc2ccccc2P(c2ccccc2)c2ccccc2)cc1)c1ccc(Oc2ccccc2[PH](c2ccccc2)(c2ccccc2)c2ccccc2)cc1. The maximum atomic E-state index is 13.8. The van der Waals surface area contributed by atoms with Crippen molar-refractivity contribution < 1.29 is 14.3 Å². The van der Waals surface area contributed by atoms with Crippen molar-refractivity contribution in [3.05, 3.63) is 260 Å². The van der Waals surface area contributed by atoms with Gasteiger partial charge in [0.1, 0.15) is 5.75 Å². The van der Waals surface area contributed by atoms with Gasteiger partial charge < -0.3 is 4.74 Å². The molecule has 0 aliphatic heterocycles. The monoisotopic (exact) mass is 812 g/mol. The summed E-state index contributed by atoms with van der Waals surface area (Å²) in [6, 6.07) is 85.1. The van der Waals surface area contributed by atoms with Crippen LogP contribution in [0.5, 0.6) is 23.0 Å². The van der Waals surface area contributed by atoms with Gasteiger partial charge in [-0.3, -0.25) is 0 Å². The van der Waals surface area contributed by atoms with E-state index < -0.39 is 15.2 Å². The molecule has 0 fully saturated rings. The van der Waals surface area contributed by atoms with Crippen molar-refractivity contribution >= 4 is 58.1 Å². The second-order valence-corrected chi connectivity index (χ2v) is 20.4. The van der Waals surface area contributed by atoms with Crippen molar-refractivity contribution in [3.8, 4) is 23.0 Å². The molecule has 290 valence electrons. The van der Waals surface area contributed by atoms with Crippen LogP contribution in [0.4, 0.5) is 0 Å². The Morgan fingerprint density at radius 1 is 0.350 bits per heavy atom. The summed E-state index contributed by atoms with van der Waals surface area (Å²) in [5.74, 6) is 2.83. The van der Waals surface area contributed by atoms with E-state index in [0.717, 1.165) is 22.1 Å². The van der Waals surface area contributed by atoms with E-state index in [4.69, 9.17) is 9.47 Å². The van der Waals surface area contributed by atoms with Crippen molar-refractivity contribution in [1.82, 2.24) is 0 Å². The van der Waals surface area contributed by atoms with Crippen LogP contribution in [-0.2, 0) is 0 Å². The Kier molecular flexibility index (Phi) is 11.5. The van der Waals surface area contributed by atoms with Crippen molar-refractivity contribution in [2.24, 2.45) is 0 Å². The number of ketones is 1. The van der Waals surface area contributed by atoms with E-state index in [1.807, 2.05) is 78.9 Å². The summed E-state index contributed by atoms with van der Waals surface area (Å²) in [4.78, 5) is 13.8. The van der Waals surface area contributed by atoms with Crippen LogP contribution in [0.25, 0.3) is 0 Å². The molecule has 0 bridgehead atoms. The van der Waals surface area contributed by atoms with E-state index in [9.17, 15) is 4.79 Å². The van der Waals surface area contributed by atoms with Gasteiger partial charge in [0.05, 0.1) is 0 Å². The number of carbonyl (C=O) groups excluding carboxylic acids is 1. The second kappa shape index (κ2) is 17.9. The quantitative estimate of drug-likeness (QED) is 0.0859. The Morgan fingerprint density at radius 3 is 1.15 bits per heavy atom. The number of ether oxygens (including phenoxy) is 2. The first kappa shape index (κ1) is 38.6. The molecule has 60 heavy (non-hydrogen) atoms. The average molecular weight is 813 g/mol. The van der Waals surface area contributed by atoms with Gasteiger partial charge in [0.2, 0.25) is 0 Å². The molecule has 0 aliphatic rings. The van der Waals surface area contributed by atoms with Crippen molar-refractivity contribution in [2.75, 3.05) is 0 Å². The van der Waals surface area contributed by atoms with Crippen LogP contribution >= 0.6 is 15.2 Å². The average Bonchev–Trinajstić information content (AvgIpc) is 3.32. The summed E-state index contributed by atoms with van der Waals surface area (Å²) in [5.41, 5.74) is 1.16. The first-order valence-corrected chi connectivity index (χ1v) is 23.4. The third-order valence-electron chi connectivity index (χ3n) is 10.7. The standard InChI is InChI=1S/C55H42O3P2/c56-55(42-34-38-44(39-35-42)57-51-30-16-18-32-53(51)59(46-20-6-1-7-21-46)47-22-8-2-9-23-47)43-36-40-45(41-37-43)58-52-31-17-19-33-54(52)60(48-24-10-3-11-25-48,49-26-12-4-13-27-49)50-28-14-5-15-29-50/h1-41,60H. The van der Waals surface area contributed by atoms with Gasteiger partial charge in [-0.15, -0.1) is 0 Å². The fourth-order valence-electron chi connectivity index (χ4n) is 7.98. The molecule has 9 aromatic rings. The summed E-state index contributed by atoms with van der Waals surface area (Å²) in [6.07, 6.45) is 0. The second-order valence-electron chi connectivity index (χ2n) is 14.4. The molecule has 9 rings (SSSR count). The molecule has 0 atom stereocenters. The van der Waals surface area contributed by atoms with E-state index in [1.54, 1.807) is 0 Å². The number of carbonyl (C=O) groups is 1. The number of para-hydroxylation sites is 2. The Hall–Kier alpha value is -6.89. The molecule has 0 heterocycles. The first-order chi connectivity index (χ1) is 29.7. The molecule has 0 amide bonds. The molecule has 0 aliphatic carbocycles. The van der Waals surface area contributed by atoms with Gasteiger partial charge >= 0.3 is 236 Å². The minimum absolute atomic E-state index is 0.0748. The van der Waals surface area contributed by atoms with E-state index in [2.05, 4.69) is 170 Å². The molecule has 3 nitrogen and oxygen atoms in total. The molecule has 0 N–H and O–H groups in total. The summed E-state index contributed by atoms with van der Waals surface area (Å²) in [6.45, 7) is 0. The van der Waals surface area contributed by atoms with Crippen molar-refractivity contribution in [2.45, 2.75) is 0 Å². The zero-order chi connectivity index (χ0) is 40.6. The number of rotatable bonds is 13. The van der Waals surface area contributed by atoms with Gasteiger partial charge in [-0.1, -0.05) is 78.9 Å². The predicted octanol–water partition coefficient (Wildman–Crippen LogP) is 10.6. The zero-order valence-electron chi connectivity index (χ0n) is 32.8. The van der Waals surface area contributed by atoms with E-state index in [0.29, 0.717) is 22.6 Å². The van der Waals surface area contributed by atoms with Crippen molar-refractivity contribution in [1.29, 1.82) is 0 Å². The van der Waals surface area contributed by atoms with Crippen LogP contribution in [0.1, 0.15) is 15.9 Å². The van der Waals surface area contributed by atoms with Crippen LogP contribution < -0.4 is 46.6 Å². The van der Waals surface area contributed by atoms with Crippen LogP contribution in [0.3, 0.4) is 0 Å². The molecule has 0 saturated carbocycles. The fraction of sp³-hybridized carbons (Fsp3) is 0. The molecule has 0 aromatic heterocycles. The predicted molar refractivity (Wildman–Crippen MR) is 254 cm³/mol. The first-order valence-electron chi connectivity index (χ1n) is 20.0. The summed E-state index contributed by atoms with van der Waals surface area (Å²) < 4.78 is 13.3. The van der Waals surface area contributed by atoms with Gasteiger partial charge in [0.15, 0.2) is 0 Å². The molecule has 9 aromatic carbocycles. The minimum atomic E-state index is -2.83. The molecule has 0 radical (unpaired) electrons. The number of hydrogen-bond donors (Lipinski definition) is 0. The van der Waals surface area contributed by atoms with Crippen LogP contribution in [0, 0.1) is 0 Å². The third kappa shape index (κ3) is 7.94. The van der Waals surface area contributed by atoms with E-state index >= 15 is 0 Å². The van der Waals surface area contributed by atoms with E-state index in [-0.39, 0.29) is 5.78 Å². The number of benzene rings is 9. The van der Waals surface area contributed by atoms with Gasteiger partial charge in [-0.05, 0) is 24.6 Å². The van der Waals surface area contributed by atoms with Gasteiger partial charge in [-0.25, -0.2) is 0 Å². The van der Waals surface area contributed by atoms with Crippen molar-refractivity contribution in [3.63, 3.8) is 0 Å². The Morgan fingerprint density at radius 2 is 0.700 bits per heavy atom. The van der Waals surface area contributed by atoms with E-state index in [1.165, 1.54) is 26.5 Å². The van der Waals surface area contributed by atoms with Gasteiger partial charge in [-0.2, -0.15) is 0 Å². The van der Waals surface area contributed by atoms with Crippen LogP contribution in [0.2, 0.25) is 0 Å². The Labute approximate surface area is 353 Å². The molecule has 5 heteroatoms. The van der Waals surface area contributed by atoms with Gasteiger partial charge in [0, 0.05) is 5.30 Å². The van der Waals surface area contributed by atoms with Crippen LogP contribution in [-0.4, -0.2) is 5.78 Å². The summed E-state index contributed by atoms with van der Waals surface area (Å²) >= 11 is 0. The molecule has 0 spiro atoms. The molecular weight excluding hydrogens is 771 g/mol. The maximum absolute atomic E-state index is 13.8. The van der Waals surface area contributed by atoms with Crippen LogP contribution in [0.15, 0.2) is 249 Å². The zero-order valence-corrected chi connectivity index (χ0v) is 34.7.